The fourth-order valence-corrected chi connectivity index (χ4v) is 9.12. The van der Waals surface area contributed by atoms with Gasteiger partial charge in [0, 0.05) is 9.13 Å². The monoisotopic (exact) mass is 828 g/mol. The van der Waals surface area contributed by atoms with E-state index in [1.165, 1.54) is 14.7 Å². The summed E-state index contributed by atoms with van der Waals surface area (Å²) >= 11 is 2.45. The summed E-state index contributed by atoms with van der Waals surface area (Å²) in [7, 11) is -6.13. The van der Waals surface area contributed by atoms with Gasteiger partial charge in [-0.2, -0.15) is 0 Å². The van der Waals surface area contributed by atoms with Gasteiger partial charge in [0.2, 0.25) is 0 Å². The van der Waals surface area contributed by atoms with E-state index in [0.717, 1.165) is 16.7 Å². The smallest absolute Gasteiger partial charge is 0.194 e. The van der Waals surface area contributed by atoms with E-state index in [0.29, 0.717) is 0 Å². The minimum absolute atomic E-state index is 0.00271. The molecule has 2 atom stereocenters. The first-order valence-electron chi connectivity index (χ1n) is 18.0. The minimum atomic E-state index is -2.23. The van der Waals surface area contributed by atoms with Gasteiger partial charge in [-0.1, -0.05) is 133 Å². The molecule has 0 aliphatic rings. The van der Waals surface area contributed by atoms with Crippen LogP contribution in [0, 0.1) is 26.9 Å². The molecule has 49 heavy (non-hydrogen) atoms. The van der Waals surface area contributed by atoms with Crippen molar-refractivity contribution in [3.8, 4) is 23.3 Å². The molecular weight excluding hydrogens is 760 g/mol. The fraction of sp³-hybridized carbons (Fsp3) is 0.628. The van der Waals surface area contributed by atoms with Crippen LogP contribution in [0.4, 0.5) is 0 Å². The van der Waals surface area contributed by atoms with Gasteiger partial charge in [0.05, 0.1) is 0 Å². The zero-order valence-electron chi connectivity index (χ0n) is 35.2. The van der Waals surface area contributed by atoms with Crippen LogP contribution in [0.3, 0.4) is 0 Å². The van der Waals surface area contributed by atoms with Gasteiger partial charge < -0.3 is 8.85 Å². The second-order valence-corrected chi connectivity index (χ2v) is 36.0. The van der Waals surface area contributed by atoms with Crippen molar-refractivity contribution >= 4 is 47.3 Å². The normalized spacial score (nSPS) is 16.1. The third kappa shape index (κ3) is 11.7. The van der Waals surface area contributed by atoms with Crippen molar-refractivity contribution in [1.29, 1.82) is 0 Å². The van der Waals surface area contributed by atoms with E-state index in [1.54, 1.807) is 0 Å². The van der Waals surface area contributed by atoms with E-state index >= 15 is 0 Å². The topological polar surface area (TPSA) is 18.5 Å². The second-order valence-electron chi connectivity index (χ2n) is 20.6. The molecule has 0 N–H and O–H groups in total. The van der Waals surface area contributed by atoms with Crippen LogP contribution in [0.1, 0.15) is 125 Å². The Morgan fingerprint density at radius 1 is 0.490 bits per heavy atom. The maximum atomic E-state index is 7.32. The number of rotatable bonds is 6. The van der Waals surface area contributed by atoms with Gasteiger partial charge in [-0.25, -0.2) is 0 Å². The van der Waals surface area contributed by atoms with Crippen molar-refractivity contribution in [1.82, 2.24) is 0 Å². The van der Waals surface area contributed by atoms with Crippen LogP contribution in [-0.2, 0) is 30.9 Å². The van der Waals surface area contributed by atoms with Gasteiger partial charge >= 0.3 is 0 Å². The highest BCUT2D eigenvalue weighted by atomic mass is 127. The molecule has 0 bridgehead atoms. The summed E-state index contributed by atoms with van der Waals surface area (Å²) in [5.41, 5.74) is 7.71. The molecule has 0 fully saturated rings. The fourth-order valence-electron chi connectivity index (χ4n) is 4.84. The van der Waals surface area contributed by atoms with Gasteiger partial charge in [0.15, 0.2) is 16.6 Å². The van der Waals surface area contributed by atoms with E-state index in [9.17, 15) is 0 Å². The summed E-state index contributed by atoms with van der Waals surface area (Å²) in [5, 5.41) is 0.0728. The Morgan fingerprint density at radius 2 is 0.837 bits per heavy atom. The summed E-state index contributed by atoms with van der Waals surface area (Å²) in [4.78, 5) is 0. The van der Waals surface area contributed by atoms with Crippen LogP contribution in [0.25, 0.3) is 0 Å². The van der Waals surface area contributed by atoms with Crippen LogP contribution in [-0.4, -0.2) is 24.7 Å². The predicted octanol–water partition coefficient (Wildman–Crippen LogP) is 13.3. The maximum Gasteiger partial charge on any atom is 0.194 e. The molecule has 0 spiro atoms. The first-order valence-corrected chi connectivity index (χ1v) is 28.4. The molecular formula is C43H69IO2Si3. The van der Waals surface area contributed by atoms with Crippen molar-refractivity contribution in [2.24, 2.45) is 0 Å². The molecule has 0 aromatic heterocycles. The average Bonchev–Trinajstić information content (AvgIpc) is 2.87. The Balaban J connectivity index is 3.03. The molecule has 2 nitrogen and oxygen atoms in total. The first-order chi connectivity index (χ1) is 21.5. The van der Waals surface area contributed by atoms with E-state index in [1.807, 2.05) is 0 Å². The zero-order valence-corrected chi connectivity index (χ0v) is 40.3. The van der Waals surface area contributed by atoms with Crippen LogP contribution in [0.5, 0.6) is 0 Å². The van der Waals surface area contributed by atoms with E-state index < -0.39 is 35.9 Å². The van der Waals surface area contributed by atoms with Gasteiger partial charge in [0.25, 0.3) is 0 Å². The summed E-state index contributed by atoms with van der Waals surface area (Å²) in [6.45, 7) is 48.0. The lowest BCUT2D eigenvalue weighted by molar-refractivity contribution is 0.131. The molecule has 0 aliphatic heterocycles. The molecule has 0 saturated carbocycles. The molecule has 0 saturated heterocycles. The van der Waals surface area contributed by atoms with Crippen molar-refractivity contribution in [3.05, 3.63) is 67.8 Å². The minimum Gasteiger partial charge on any atom is -0.397 e. The van der Waals surface area contributed by atoms with Crippen molar-refractivity contribution in [2.75, 3.05) is 0 Å². The van der Waals surface area contributed by atoms with E-state index in [4.69, 9.17) is 8.85 Å². The summed E-state index contributed by atoms with van der Waals surface area (Å²) in [5.74, 6) is 11.1. The lowest BCUT2D eigenvalue weighted by atomic mass is 9.82. The standard InChI is InChI=1S/C43H69IO2Si3/c1-38(2,3)33-26-32(27-35(28-33)43(14,24-25-47(15,16)17)46-49(20,21)41(10,11)12)22-23-42(13,45-48(18,19)40(7,8)9)36-29-34(39(4,5)6)30-37(44)31-36/h26-31H,1-21H3/t42-,43-/m1/s1. The lowest BCUT2D eigenvalue weighted by Crippen LogP contribution is -2.47. The van der Waals surface area contributed by atoms with E-state index in [2.05, 4.69) is 225 Å². The Morgan fingerprint density at radius 3 is 1.22 bits per heavy atom. The van der Waals surface area contributed by atoms with Crippen LogP contribution < -0.4 is 0 Å². The summed E-state index contributed by atoms with van der Waals surface area (Å²) in [6, 6.07) is 13.7. The molecule has 2 rings (SSSR count). The lowest BCUT2D eigenvalue weighted by Gasteiger charge is -2.43. The molecule has 0 amide bonds. The van der Waals surface area contributed by atoms with Crippen LogP contribution in [0.2, 0.25) is 55.9 Å². The third-order valence-corrected chi connectivity index (χ3v) is 20.9. The zero-order chi connectivity index (χ0) is 38.4. The number of benzene rings is 2. The Kier molecular flexibility index (Phi) is 12.9. The maximum absolute atomic E-state index is 7.32. The molecule has 2 aromatic rings. The largest absolute Gasteiger partial charge is 0.397 e. The number of hydrogen-bond acceptors (Lipinski definition) is 2. The molecule has 2 aromatic carbocycles. The van der Waals surface area contributed by atoms with Gasteiger partial charge in [-0.3, -0.25) is 0 Å². The molecule has 0 aliphatic carbocycles. The summed E-state index contributed by atoms with van der Waals surface area (Å²) < 4.78 is 15.8. The highest BCUT2D eigenvalue weighted by Gasteiger charge is 2.45. The number of halogens is 1. The van der Waals surface area contributed by atoms with Gasteiger partial charge in [0.1, 0.15) is 19.3 Å². The van der Waals surface area contributed by atoms with Gasteiger partial charge in [-0.15, -0.1) is 5.54 Å². The van der Waals surface area contributed by atoms with Crippen molar-refractivity contribution in [2.45, 2.75) is 175 Å². The average molecular weight is 829 g/mol. The molecule has 0 radical (unpaired) electrons. The van der Waals surface area contributed by atoms with Gasteiger partial charge in [-0.05, 0) is 130 Å². The Labute approximate surface area is 320 Å². The number of hydrogen-bond donors (Lipinski definition) is 0. The molecule has 0 unspecified atom stereocenters. The highest BCUT2D eigenvalue weighted by molar-refractivity contribution is 14.1. The Bertz CT molecular complexity index is 1630. The van der Waals surface area contributed by atoms with Crippen molar-refractivity contribution in [3.63, 3.8) is 0 Å². The van der Waals surface area contributed by atoms with E-state index in [-0.39, 0.29) is 20.9 Å². The quantitative estimate of drug-likeness (QED) is 0.164. The predicted molar refractivity (Wildman–Crippen MR) is 232 cm³/mol. The SMILES string of the molecule is CC(C)(C)c1cc(I)cc([C@@](C)(C#Cc2cc(C(C)(C)C)cc([C@@](C)(C#C[Si](C)(C)C)O[Si](C)(C)C(C)(C)C)c2)O[Si](C)(C)C(C)(C)C)c1. The summed E-state index contributed by atoms with van der Waals surface area (Å²) in [6.07, 6.45) is 0. The van der Waals surface area contributed by atoms with Crippen LogP contribution >= 0.6 is 22.6 Å². The Hall–Kier alpha value is -1.14. The molecule has 6 heteroatoms. The molecule has 0 heterocycles. The van der Waals surface area contributed by atoms with Crippen LogP contribution in [0.15, 0.2) is 36.4 Å². The second kappa shape index (κ2) is 14.4. The molecule has 272 valence electrons. The third-order valence-electron chi connectivity index (χ3n) is 10.3. The highest BCUT2D eigenvalue weighted by Crippen LogP contribution is 2.44. The first kappa shape index (κ1) is 44.0. The van der Waals surface area contributed by atoms with Crippen molar-refractivity contribution < 1.29 is 8.85 Å².